The number of aromatic nitrogens is 7. The van der Waals surface area contributed by atoms with Crippen molar-refractivity contribution < 1.29 is 0 Å². The van der Waals surface area contributed by atoms with E-state index in [0.29, 0.717) is 12.4 Å². The molecule has 0 fully saturated rings. The van der Waals surface area contributed by atoms with Gasteiger partial charge in [-0.05, 0) is 40.8 Å². The largest absolute Gasteiger partial charge is 0.245 e. The number of benzene rings is 3. The summed E-state index contributed by atoms with van der Waals surface area (Å²) in [5.41, 5.74) is 5.59. The van der Waals surface area contributed by atoms with E-state index in [-0.39, 0.29) is 0 Å². The molecule has 0 aliphatic carbocycles. The number of aromatic amines is 1. The maximum Gasteiger partial charge on any atom is 0.205 e. The molecule has 5 aromatic rings. The minimum Gasteiger partial charge on any atom is -0.245 e. The zero-order valence-electron chi connectivity index (χ0n) is 19.7. The van der Waals surface area contributed by atoms with E-state index < -0.39 is 0 Å². The van der Waals surface area contributed by atoms with E-state index in [1.165, 1.54) is 11.1 Å². The van der Waals surface area contributed by atoms with Crippen molar-refractivity contribution in [2.75, 3.05) is 0 Å². The first kappa shape index (κ1) is 22.4. The molecule has 0 amide bonds. The van der Waals surface area contributed by atoms with Gasteiger partial charge in [-0.3, -0.25) is 0 Å². The predicted molar refractivity (Wildman–Crippen MR) is 137 cm³/mol. The fourth-order valence-electron chi connectivity index (χ4n) is 4.10. The number of allylic oxidation sites excluding steroid dienone is 2. The average Bonchev–Trinajstić information content (AvgIpc) is 3.58. The highest BCUT2D eigenvalue weighted by Crippen LogP contribution is 2.29. The van der Waals surface area contributed by atoms with Gasteiger partial charge in [0.2, 0.25) is 5.82 Å². The van der Waals surface area contributed by atoms with E-state index in [1.54, 1.807) is 0 Å². The van der Waals surface area contributed by atoms with Crippen LogP contribution in [0.5, 0.6) is 0 Å². The number of nitrogens with zero attached hydrogens (tertiary/aromatic N) is 6. The Bertz CT molecular complexity index is 1390. The van der Waals surface area contributed by atoms with Gasteiger partial charge in [0.15, 0.2) is 5.82 Å². The Morgan fingerprint density at radius 3 is 2.34 bits per heavy atom. The van der Waals surface area contributed by atoms with Crippen LogP contribution < -0.4 is 0 Å². The maximum absolute atomic E-state index is 4.85. The first-order chi connectivity index (χ1) is 17.3. The van der Waals surface area contributed by atoms with Gasteiger partial charge in [-0.15, -0.1) is 10.2 Å². The summed E-state index contributed by atoms with van der Waals surface area (Å²) >= 11 is 0. The van der Waals surface area contributed by atoms with Crippen LogP contribution >= 0.6 is 0 Å². The molecule has 0 saturated carbocycles. The van der Waals surface area contributed by atoms with E-state index in [2.05, 4.69) is 87.4 Å². The lowest BCUT2D eigenvalue weighted by Crippen LogP contribution is -2.07. The minimum atomic E-state index is 0.587. The van der Waals surface area contributed by atoms with E-state index in [4.69, 9.17) is 10.1 Å². The molecular formula is C28H27N7. The van der Waals surface area contributed by atoms with Crippen LogP contribution in [0.25, 0.3) is 22.5 Å². The molecule has 0 atom stereocenters. The molecule has 7 heteroatoms. The van der Waals surface area contributed by atoms with E-state index in [1.807, 2.05) is 35.9 Å². The number of aryl methyl sites for hydroxylation is 2. The van der Waals surface area contributed by atoms with Crippen LogP contribution in [-0.4, -0.2) is 35.4 Å². The van der Waals surface area contributed by atoms with Crippen molar-refractivity contribution in [1.29, 1.82) is 0 Å². The fraction of sp³-hybridized carbons (Fsp3) is 0.179. The van der Waals surface area contributed by atoms with E-state index >= 15 is 0 Å². The van der Waals surface area contributed by atoms with Crippen LogP contribution in [0.1, 0.15) is 29.7 Å². The molecule has 174 valence electrons. The number of rotatable bonds is 9. The van der Waals surface area contributed by atoms with Gasteiger partial charge >= 0.3 is 0 Å². The third-order valence-electron chi connectivity index (χ3n) is 5.92. The summed E-state index contributed by atoms with van der Waals surface area (Å²) in [6.07, 6.45) is 6.71. The van der Waals surface area contributed by atoms with Crippen LogP contribution in [0, 0.1) is 0 Å². The Morgan fingerprint density at radius 2 is 1.60 bits per heavy atom. The van der Waals surface area contributed by atoms with Gasteiger partial charge in [-0.25, -0.2) is 9.67 Å². The average molecular weight is 462 g/mol. The van der Waals surface area contributed by atoms with Gasteiger partial charge in [-0.1, -0.05) is 91.0 Å². The Balaban J connectivity index is 1.35. The van der Waals surface area contributed by atoms with Crippen LogP contribution in [0.2, 0.25) is 0 Å². The smallest absolute Gasteiger partial charge is 0.205 e. The Morgan fingerprint density at radius 1 is 0.829 bits per heavy atom. The van der Waals surface area contributed by atoms with Gasteiger partial charge in [0.25, 0.3) is 0 Å². The zero-order chi connectivity index (χ0) is 23.9. The second kappa shape index (κ2) is 10.7. The van der Waals surface area contributed by atoms with Crippen molar-refractivity contribution in [2.45, 2.75) is 32.7 Å². The molecule has 0 aliphatic heterocycles. The SMILES string of the molecule is CC=CCc1nc(CCc2ccccc2)nn1Cc1ccc(-c2ccccc2-c2nn[nH]n2)cc1. The third kappa shape index (κ3) is 5.41. The van der Waals surface area contributed by atoms with Gasteiger partial charge in [-0.2, -0.15) is 10.3 Å². The lowest BCUT2D eigenvalue weighted by Gasteiger charge is -2.09. The topological polar surface area (TPSA) is 85.2 Å². The quantitative estimate of drug-likeness (QED) is 0.310. The van der Waals surface area contributed by atoms with Crippen molar-refractivity contribution in [2.24, 2.45) is 0 Å². The fourth-order valence-corrected chi connectivity index (χ4v) is 4.10. The van der Waals surface area contributed by atoms with Crippen LogP contribution in [0.4, 0.5) is 0 Å². The van der Waals surface area contributed by atoms with Crippen LogP contribution in [-0.2, 0) is 25.8 Å². The number of hydrogen-bond acceptors (Lipinski definition) is 5. The number of nitrogens with one attached hydrogen (secondary N) is 1. The van der Waals surface area contributed by atoms with E-state index in [0.717, 1.165) is 47.6 Å². The zero-order valence-corrected chi connectivity index (χ0v) is 19.7. The molecule has 3 aromatic carbocycles. The summed E-state index contributed by atoms with van der Waals surface area (Å²) in [7, 11) is 0. The molecule has 35 heavy (non-hydrogen) atoms. The molecule has 7 nitrogen and oxygen atoms in total. The highest BCUT2D eigenvalue weighted by Gasteiger charge is 2.12. The molecule has 1 N–H and O–H groups in total. The highest BCUT2D eigenvalue weighted by molar-refractivity contribution is 5.80. The lowest BCUT2D eigenvalue weighted by atomic mass is 9.98. The molecule has 0 saturated heterocycles. The molecule has 0 bridgehead atoms. The van der Waals surface area contributed by atoms with Crippen LogP contribution in [0.3, 0.4) is 0 Å². The summed E-state index contributed by atoms with van der Waals surface area (Å²) < 4.78 is 2.03. The van der Waals surface area contributed by atoms with Gasteiger partial charge < -0.3 is 0 Å². The Kier molecular flexibility index (Phi) is 6.84. The Hall–Kier alpha value is -4.39. The summed E-state index contributed by atoms with van der Waals surface area (Å²) in [5, 5.41) is 19.4. The molecule has 0 radical (unpaired) electrons. The minimum absolute atomic E-state index is 0.587. The first-order valence-electron chi connectivity index (χ1n) is 11.8. The van der Waals surface area contributed by atoms with Gasteiger partial charge in [0, 0.05) is 18.4 Å². The summed E-state index contributed by atoms with van der Waals surface area (Å²) in [6.45, 7) is 2.71. The van der Waals surface area contributed by atoms with Crippen molar-refractivity contribution in [1.82, 2.24) is 35.4 Å². The molecular weight excluding hydrogens is 434 g/mol. The second-order valence-corrected chi connectivity index (χ2v) is 8.34. The summed E-state index contributed by atoms with van der Waals surface area (Å²) in [4.78, 5) is 4.84. The normalized spacial score (nSPS) is 11.3. The Labute approximate surface area is 204 Å². The van der Waals surface area contributed by atoms with Gasteiger partial charge in [0.05, 0.1) is 6.54 Å². The first-order valence-corrected chi connectivity index (χ1v) is 11.8. The van der Waals surface area contributed by atoms with Crippen molar-refractivity contribution in [3.05, 3.63) is 114 Å². The van der Waals surface area contributed by atoms with Crippen molar-refractivity contribution >= 4 is 0 Å². The summed E-state index contributed by atoms with van der Waals surface area (Å²) in [6, 6.07) is 27.1. The van der Waals surface area contributed by atoms with E-state index in [9.17, 15) is 0 Å². The monoisotopic (exact) mass is 461 g/mol. The molecule has 0 spiro atoms. The third-order valence-corrected chi connectivity index (χ3v) is 5.92. The van der Waals surface area contributed by atoms with Gasteiger partial charge in [0.1, 0.15) is 5.82 Å². The number of H-pyrrole nitrogens is 1. The predicted octanol–water partition coefficient (Wildman–Crippen LogP) is 5.08. The summed E-state index contributed by atoms with van der Waals surface area (Å²) in [5.74, 6) is 2.46. The molecule has 0 aliphatic rings. The number of tetrazole rings is 1. The van der Waals surface area contributed by atoms with Crippen molar-refractivity contribution in [3.63, 3.8) is 0 Å². The second-order valence-electron chi connectivity index (χ2n) is 8.34. The lowest BCUT2D eigenvalue weighted by molar-refractivity contribution is 0.641. The maximum atomic E-state index is 4.85. The standard InChI is InChI=1S/C28H27N7/c1-2-3-13-27-29-26(19-16-21-9-5-4-6-10-21)32-35(27)20-22-14-17-23(18-15-22)24-11-7-8-12-25(24)28-30-33-34-31-28/h2-12,14-15,17-18H,13,16,19-20H2,1H3,(H,30,31,33,34). The molecule has 5 rings (SSSR count). The van der Waals surface area contributed by atoms with Crippen molar-refractivity contribution in [3.8, 4) is 22.5 Å². The molecule has 2 heterocycles. The molecule has 0 unspecified atom stereocenters. The molecule has 2 aromatic heterocycles. The number of hydrogen-bond donors (Lipinski definition) is 1. The van der Waals surface area contributed by atoms with Crippen LogP contribution in [0.15, 0.2) is 91.0 Å². The highest BCUT2D eigenvalue weighted by atomic mass is 15.5.